The monoisotopic (exact) mass is 341 g/mol. The van der Waals surface area contributed by atoms with E-state index in [-0.39, 0.29) is 17.1 Å². The highest BCUT2D eigenvalue weighted by Crippen LogP contribution is 2.47. The van der Waals surface area contributed by atoms with E-state index >= 15 is 0 Å². The van der Waals surface area contributed by atoms with Crippen LogP contribution in [0.25, 0.3) is 0 Å². The van der Waals surface area contributed by atoms with E-state index in [0.717, 1.165) is 31.7 Å². The SMILES string of the molecule is CC(=O)c1csc(C(=O)N2CC3(CCOCC3)c3ccccc32)c1. The number of thiophene rings is 1. The number of hydrogen-bond acceptors (Lipinski definition) is 4. The molecule has 2 aliphatic heterocycles. The van der Waals surface area contributed by atoms with Crippen LogP contribution in [0.15, 0.2) is 35.7 Å². The molecule has 0 radical (unpaired) electrons. The predicted octanol–water partition coefficient (Wildman–Crippen LogP) is 3.66. The molecular weight excluding hydrogens is 322 g/mol. The summed E-state index contributed by atoms with van der Waals surface area (Å²) in [6.07, 6.45) is 1.88. The number of nitrogens with zero attached hydrogens (tertiary/aromatic N) is 1. The first-order chi connectivity index (χ1) is 11.6. The van der Waals surface area contributed by atoms with Crippen LogP contribution in [-0.4, -0.2) is 31.4 Å². The molecule has 2 aromatic rings. The fourth-order valence-electron chi connectivity index (χ4n) is 3.77. The summed E-state index contributed by atoms with van der Waals surface area (Å²) in [6, 6.07) is 9.91. The third-order valence-electron chi connectivity index (χ3n) is 5.14. The number of hydrogen-bond donors (Lipinski definition) is 0. The Balaban J connectivity index is 1.71. The standard InChI is InChI=1S/C19H19NO3S/c1-13(21)14-10-17(24-11-14)18(22)20-12-19(6-8-23-9-7-19)15-4-2-3-5-16(15)20/h2-5,10-11H,6-9,12H2,1H3. The molecule has 0 unspecified atom stereocenters. The van der Waals surface area contributed by atoms with Gasteiger partial charge in [-0.1, -0.05) is 18.2 Å². The van der Waals surface area contributed by atoms with Gasteiger partial charge in [-0.05, 0) is 37.5 Å². The van der Waals surface area contributed by atoms with Crippen LogP contribution in [0.3, 0.4) is 0 Å². The number of carbonyl (C=O) groups is 2. The maximum atomic E-state index is 13.1. The molecule has 0 saturated carbocycles. The average Bonchev–Trinajstić information content (AvgIpc) is 3.20. The number of ketones is 1. The molecular formula is C19H19NO3S. The number of carbonyl (C=O) groups excluding carboxylic acids is 2. The van der Waals surface area contributed by atoms with Gasteiger partial charge in [-0.2, -0.15) is 0 Å². The van der Waals surface area contributed by atoms with Crippen LogP contribution in [0.4, 0.5) is 5.69 Å². The maximum absolute atomic E-state index is 13.1. The van der Waals surface area contributed by atoms with Crippen molar-refractivity contribution in [1.29, 1.82) is 0 Å². The van der Waals surface area contributed by atoms with Crippen LogP contribution in [0.5, 0.6) is 0 Å². The molecule has 24 heavy (non-hydrogen) atoms. The zero-order chi connectivity index (χ0) is 16.7. The minimum Gasteiger partial charge on any atom is -0.381 e. The molecule has 1 amide bonds. The van der Waals surface area contributed by atoms with Gasteiger partial charge < -0.3 is 9.64 Å². The Kier molecular flexibility index (Phi) is 3.77. The second-order valence-corrected chi connectivity index (χ2v) is 7.47. The lowest BCUT2D eigenvalue weighted by atomic mass is 9.76. The minimum atomic E-state index is -0.0108. The topological polar surface area (TPSA) is 46.6 Å². The lowest BCUT2D eigenvalue weighted by Gasteiger charge is -2.34. The zero-order valence-electron chi connectivity index (χ0n) is 13.6. The average molecular weight is 341 g/mol. The summed E-state index contributed by atoms with van der Waals surface area (Å²) in [6.45, 7) is 3.70. The third-order valence-corrected chi connectivity index (χ3v) is 6.06. The van der Waals surface area contributed by atoms with Gasteiger partial charge in [-0.3, -0.25) is 9.59 Å². The van der Waals surface area contributed by atoms with Crippen molar-refractivity contribution >= 4 is 28.7 Å². The van der Waals surface area contributed by atoms with E-state index in [9.17, 15) is 9.59 Å². The third kappa shape index (κ3) is 2.39. The van der Waals surface area contributed by atoms with Crippen LogP contribution in [-0.2, 0) is 10.2 Å². The highest BCUT2D eigenvalue weighted by Gasteiger charge is 2.45. The minimum absolute atomic E-state index is 0.00513. The predicted molar refractivity (Wildman–Crippen MR) is 94.2 cm³/mol. The first-order valence-electron chi connectivity index (χ1n) is 8.19. The Morgan fingerprint density at radius 2 is 1.96 bits per heavy atom. The second kappa shape index (κ2) is 5.83. The van der Waals surface area contributed by atoms with E-state index < -0.39 is 0 Å². The van der Waals surface area contributed by atoms with E-state index in [1.807, 2.05) is 23.1 Å². The lowest BCUT2D eigenvalue weighted by molar-refractivity contribution is 0.0547. The highest BCUT2D eigenvalue weighted by atomic mass is 32.1. The van der Waals surface area contributed by atoms with Gasteiger partial charge in [0.05, 0.1) is 4.88 Å². The van der Waals surface area contributed by atoms with Gasteiger partial charge >= 0.3 is 0 Å². The number of rotatable bonds is 2. The van der Waals surface area contributed by atoms with Gasteiger partial charge in [0.2, 0.25) is 0 Å². The van der Waals surface area contributed by atoms with Crippen molar-refractivity contribution in [2.24, 2.45) is 0 Å². The summed E-state index contributed by atoms with van der Waals surface area (Å²) in [5, 5.41) is 1.77. The number of anilines is 1. The molecule has 1 spiro atoms. The largest absolute Gasteiger partial charge is 0.381 e. The molecule has 0 bridgehead atoms. The maximum Gasteiger partial charge on any atom is 0.268 e. The molecule has 1 aromatic heterocycles. The van der Waals surface area contributed by atoms with Gasteiger partial charge in [0.15, 0.2) is 5.78 Å². The van der Waals surface area contributed by atoms with Crippen molar-refractivity contribution in [1.82, 2.24) is 0 Å². The van der Waals surface area contributed by atoms with Crippen molar-refractivity contribution in [3.05, 3.63) is 51.7 Å². The summed E-state index contributed by atoms with van der Waals surface area (Å²) in [5.74, 6) is -0.0173. The molecule has 0 atom stereocenters. The van der Waals surface area contributed by atoms with E-state index in [0.29, 0.717) is 17.0 Å². The molecule has 1 aromatic carbocycles. The zero-order valence-corrected chi connectivity index (χ0v) is 14.4. The Morgan fingerprint density at radius 3 is 2.67 bits per heavy atom. The number of benzene rings is 1. The van der Waals surface area contributed by atoms with Gasteiger partial charge in [0.1, 0.15) is 0 Å². The number of Topliss-reactive ketones (excluding diaryl/α,β-unsaturated/α-hetero) is 1. The highest BCUT2D eigenvalue weighted by molar-refractivity contribution is 7.12. The molecule has 0 N–H and O–H groups in total. The Labute approximate surface area is 145 Å². The molecule has 1 fully saturated rings. The number of amides is 1. The normalized spacial score (nSPS) is 18.6. The van der Waals surface area contributed by atoms with Crippen LogP contribution >= 0.6 is 11.3 Å². The molecule has 3 heterocycles. The molecule has 4 nitrogen and oxygen atoms in total. The molecule has 2 aliphatic rings. The summed E-state index contributed by atoms with van der Waals surface area (Å²) in [5.41, 5.74) is 2.87. The van der Waals surface area contributed by atoms with Gasteiger partial charge in [0, 0.05) is 41.8 Å². The summed E-state index contributed by atoms with van der Waals surface area (Å²) in [4.78, 5) is 27.1. The van der Waals surface area contributed by atoms with Crippen LogP contribution in [0.1, 0.15) is 45.4 Å². The summed E-state index contributed by atoms with van der Waals surface area (Å²) in [7, 11) is 0. The van der Waals surface area contributed by atoms with Crippen LogP contribution in [0, 0.1) is 0 Å². The number of fused-ring (bicyclic) bond motifs is 2. The van der Waals surface area contributed by atoms with E-state index in [4.69, 9.17) is 4.74 Å². The summed E-state index contributed by atoms with van der Waals surface area (Å²) < 4.78 is 5.54. The van der Waals surface area contributed by atoms with Crippen molar-refractivity contribution < 1.29 is 14.3 Å². The molecule has 124 valence electrons. The molecule has 1 saturated heterocycles. The van der Waals surface area contributed by atoms with Crippen molar-refractivity contribution in [2.45, 2.75) is 25.2 Å². The van der Waals surface area contributed by atoms with Gasteiger partial charge in [-0.25, -0.2) is 0 Å². The molecule has 0 aliphatic carbocycles. The van der Waals surface area contributed by atoms with E-state index in [1.54, 1.807) is 11.4 Å². The fourth-order valence-corrected chi connectivity index (χ4v) is 4.66. The Morgan fingerprint density at radius 1 is 1.21 bits per heavy atom. The first-order valence-corrected chi connectivity index (χ1v) is 9.07. The fraction of sp³-hybridized carbons (Fsp3) is 0.368. The lowest BCUT2D eigenvalue weighted by Crippen LogP contribution is -2.40. The number of para-hydroxylation sites is 1. The van der Waals surface area contributed by atoms with E-state index in [2.05, 4.69) is 6.07 Å². The Hall–Kier alpha value is -1.98. The van der Waals surface area contributed by atoms with Crippen LogP contribution < -0.4 is 4.90 Å². The first kappa shape index (κ1) is 15.5. The number of ether oxygens (including phenoxy) is 1. The second-order valence-electron chi connectivity index (χ2n) is 6.56. The molecule has 4 rings (SSSR count). The van der Waals surface area contributed by atoms with Gasteiger partial charge in [0.25, 0.3) is 5.91 Å². The van der Waals surface area contributed by atoms with Crippen LogP contribution in [0.2, 0.25) is 0 Å². The summed E-state index contributed by atoms with van der Waals surface area (Å²) >= 11 is 1.35. The van der Waals surface area contributed by atoms with Gasteiger partial charge in [-0.15, -0.1) is 11.3 Å². The molecule has 5 heteroatoms. The van der Waals surface area contributed by atoms with Crippen molar-refractivity contribution in [3.63, 3.8) is 0 Å². The van der Waals surface area contributed by atoms with Crippen molar-refractivity contribution in [2.75, 3.05) is 24.7 Å². The van der Waals surface area contributed by atoms with E-state index in [1.165, 1.54) is 23.8 Å². The quantitative estimate of drug-likeness (QED) is 0.783. The Bertz CT molecular complexity index is 804. The van der Waals surface area contributed by atoms with Crippen molar-refractivity contribution in [3.8, 4) is 0 Å². The smallest absolute Gasteiger partial charge is 0.268 e.